The summed E-state index contributed by atoms with van der Waals surface area (Å²) in [6.45, 7) is 7.05. The molecular weight excluding hydrogens is 206 g/mol. The van der Waals surface area contributed by atoms with Crippen molar-refractivity contribution >= 4 is 0 Å². The van der Waals surface area contributed by atoms with Crippen molar-refractivity contribution in [3.05, 3.63) is 34.9 Å². The van der Waals surface area contributed by atoms with E-state index in [-0.39, 0.29) is 5.56 Å². The third-order valence-electron chi connectivity index (χ3n) is 3.03. The lowest BCUT2D eigenvalue weighted by Gasteiger charge is -2.13. The van der Waals surface area contributed by atoms with E-state index < -0.39 is 5.92 Å². The van der Waals surface area contributed by atoms with E-state index in [9.17, 15) is 8.78 Å². The topological polar surface area (TPSA) is 0 Å². The maximum Gasteiger partial charge on any atom is 0.270 e. The second kappa shape index (κ2) is 4.94. The summed E-state index contributed by atoms with van der Waals surface area (Å²) < 4.78 is 26.1. The summed E-state index contributed by atoms with van der Waals surface area (Å²) in [5, 5.41) is 0. The Labute approximate surface area is 96.7 Å². The van der Waals surface area contributed by atoms with Gasteiger partial charge in [0.2, 0.25) is 0 Å². The predicted molar refractivity (Wildman–Crippen MR) is 64.1 cm³/mol. The number of benzene rings is 1. The van der Waals surface area contributed by atoms with E-state index in [0.717, 1.165) is 25.3 Å². The van der Waals surface area contributed by atoms with E-state index in [1.165, 1.54) is 5.56 Å². The summed E-state index contributed by atoms with van der Waals surface area (Å²) in [5.41, 5.74) is 2.50. The summed E-state index contributed by atoms with van der Waals surface area (Å²) in [6, 6.07) is 5.08. The van der Waals surface area contributed by atoms with Crippen molar-refractivity contribution in [2.24, 2.45) is 0 Å². The molecule has 1 aromatic carbocycles. The number of alkyl halides is 2. The average Bonchev–Trinajstić information content (AvgIpc) is 2.62. The first-order valence-electron chi connectivity index (χ1n) is 5.99. The lowest BCUT2D eigenvalue weighted by atomic mass is 9.99. The number of hydrogen-bond donors (Lipinski definition) is 0. The summed E-state index contributed by atoms with van der Waals surface area (Å²) in [7, 11) is 0. The molecule has 1 aliphatic carbocycles. The number of halogens is 2. The van der Waals surface area contributed by atoms with Gasteiger partial charge in [0.1, 0.15) is 0 Å². The van der Waals surface area contributed by atoms with Crippen LogP contribution in [0.3, 0.4) is 0 Å². The fourth-order valence-corrected chi connectivity index (χ4v) is 2.08. The molecule has 0 aromatic heterocycles. The zero-order valence-corrected chi connectivity index (χ0v) is 10.5. The van der Waals surface area contributed by atoms with Crippen LogP contribution in [0.4, 0.5) is 8.78 Å². The molecule has 0 nitrogen and oxygen atoms in total. The molecule has 1 aromatic rings. The molecule has 0 spiro atoms. The lowest BCUT2D eigenvalue weighted by Crippen LogP contribution is -2.07. The van der Waals surface area contributed by atoms with Gasteiger partial charge in [-0.1, -0.05) is 32.9 Å². The van der Waals surface area contributed by atoms with Gasteiger partial charge in [-0.2, -0.15) is 0 Å². The number of hydrogen-bond acceptors (Lipinski definition) is 0. The van der Waals surface area contributed by atoms with Crippen LogP contribution in [-0.4, -0.2) is 0 Å². The van der Waals surface area contributed by atoms with Crippen molar-refractivity contribution in [1.82, 2.24) is 0 Å². The van der Waals surface area contributed by atoms with Crippen LogP contribution in [0.25, 0.3) is 0 Å². The van der Waals surface area contributed by atoms with E-state index >= 15 is 0 Å². The molecule has 0 bridgehead atoms. The molecule has 0 saturated heterocycles. The fourth-order valence-electron chi connectivity index (χ4n) is 2.08. The molecule has 1 atom stereocenters. The molecule has 0 heterocycles. The quantitative estimate of drug-likeness (QED) is 0.640. The minimum absolute atomic E-state index is 0.144. The van der Waals surface area contributed by atoms with Crippen molar-refractivity contribution in [3.8, 4) is 0 Å². The minimum atomic E-state index is -2.71. The van der Waals surface area contributed by atoms with E-state index in [4.69, 9.17) is 0 Å². The Kier molecular flexibility index (Phi) is 4.06. The third kappa shape index (κ3) is 2.60. The Morgan fingerprint density at radius 1 is 1.25 bits per heavy atom. The fraction of sp³-hybridized carbons (Fsp3) is 0.571. The molecule has 2 rings (SSSR count). The SMILES string of the molecule is CC.CC1CCc2ccc(C(C)(F)F)cc21. The van der Waals surface area contributed by atoms with Gasteiger partial charge in [-0.3, -0.25) is 0 Å². The Morgan fingerprint density at radius 2 is 1.88 bits per heavy atom. The molecule has 0 amide bonds. The van der Waals surface area contributed by atoms with E-state index in [1.54, 1.807) is 12.1 Å². The Balaban J connectivity index is 0.000000606. The highest BCUT2D eigenvalue weighted by Crippen LogP contribution is 2.36. The highest BCUT2D eigenvalue weighted by atomic mass is 19.3. The second-order valence-corrected chi connectivity index (χ2v) is 4.24. The Morgan fingerprint density at radius 3 is 2.44 bits per heavy atom. The molecule has 2 heteroatoms. The number of fused-ring (bicyclic) bond motifs is 1. The van der Waals surface area contributed by atoms with Crippen LogP contribution in [0.1, 0.15) is 56.7 Å². The maximum absolute atomic E-state index is 13.1. The first-order valence-corrected chi connectivity index (χ1v) is 5.99. The molecule has 90 valence electrons. The van der Waals surface area contributed by atoms with Crippen molar-refractivity contribution in [1.29, 1.82) is 0 Å². The van der Waals surface area contributed by atoms with Crippen LogP contribution >= 0.6 is 0 Å². The maximum atomic E-state index is 13.1. The average molecular weight is 226 g/mol. The van der Waals surface area contributed by atoms with Crippen molar-refractivity contribution < 1.29 is 8.78 Å². The summed E-state index contributed by atoms with van der Waals surface area (Å²) >= 11 is 0. The van der Waals surface area contributed by atoms with Gasteiger partial charge < -0.3 is 0 Å². The van der Waals surface area contributed by atoms with Crippen LogP contribution in [0, 0.1) is 0 Å². The van der Waals surface area contributed by atoms with Gasteiger partial charge in [-0.25, -0.2) is 8.78 Å². The minimum Gasteiger partial charge on any atom is -0.202 e. The second-order valence-electron chi connectivity index (χ2n) is 4.24. The third-order valence-corrected chi connectivity index (χ3v) is 3.03. The molecule has 0 radical (unpaired) electrons. The van der Waals surface area contributed by atoms with Gasteiger partial charge in [0, 0.05) is 12.5 Å². The van der Waals surface area contributed by atoms with Crippen molar-refractivity contribution in [2.75, 3.05) is 0 Å². The van der Waals surface area contributed by atoms with Crippen LogP contribution in [0.5, 0.6) is 0 Å². The molecule has 0 fully saturated rings. The molecule has 0 saturated carbocycles. The normalized spacial score (nSPS) is 18.8. The van der Waals surface area contributed by atoms with Crippen LogP contribution in [0.2, 0.25) is 0 Å². The zero-order chi connectivity index (χ0) is 12.3. The number of rotatable bonds is 1. The highest BCUT2D eigenvalue weighted by Gasteiger charge is 2.27. The first-order chi connectivity index (χ1) is 7.48. The molecule has 1 unspecified atom stereocenters. The highest BCUT2D eigenvalue weighted by molar-refractivity contribution is 5.39. The molecular formula is C14H20F2. The van der Waals surface area contributed by atoms with E-state index in [0.29, 0.717) is 5.92 Å². The molecule has 0 aliphatic heterocycles. The van der Waals surface area contributed by atoms with Crippen LogP contribution in [-0.2, 0) is 12.3 Å². The molecule has 1 aliphatic rings. The Bertz CT molecular complexity index is 350. The monoisotopic (exact) mass is 226 g/mol. The van der Waals surface area contributed by atoms with Crippen molar-refractivity contribution in [3.63, 3.8) is 0 Å². The zero-order valence-electron chi connectivity index (χ0n) is 10.5. The summed E-state index contributed by atoms with van der Waals surface area (Å²) in [6.07, 6.45) is 2.13. The first kappa shape index (κ1) is 13.1. The van der Waals surface area contributed by atoms with Gasteiger partial charge in [0.05, 0.1) is 0 Å². The summed E-state index contributed by atoms with van der Waals surface area (Å²) in [4.78, 5) is 0. The van der Waals surface area contributed by atoms with Crippen LogP contribution < -0.4 is 0 Å². The van der Waals surface area contributed by atoms with Gasteiger partial charge in [0.15, 0.2) is 0 Å². The number of aryl methyl sites for hydroxylation is 1. The van der Waals surface area contributed by atoms with Crippen molar-refractivity contribution in [2.45, 2.75) is 52.4 Å². The van der Waals surface area contributed by atoms with Gasteiger partial charge in [-0.15, -0.1) is 0 Å². The van der Waals surface area contributed by atoms with E-state index in [1.807, 2.05) is 19.9 Å². The lowest BCUT2D eigenvalue weighted by molar-refractivity contribution is 0.0174. The van der Waals surface area contributed by atoms with Gasteiger partial charge >= 0.3 is 0 Å². The molecule has 0 N–H and O–H groups in total. The molecule has 16 heavy (non-hydrogen) atoms. The van der Waals surface area contributed by atoms with Gasteiger partial charge in [0.25, 0.3) is 5.92 Å². The smallest absolute Gasteiger partial charge is 0.202 e. The summed E-state index contributed by atoms with van der Waals surface area (Å²) in [5.74, 6) is -2.27. The van der Waals surface area contributed by atoms with E-state index in [2.05, 4.69) is 6.92 Å². The van der Waals surface area contributed by atoms with Gasteiger partial charge in [-0.05, 0) is 36.0 Å². The van der Waals surface area contributed by atoms with Crippen LogP contribution in [0.15, 0.2) is 18.2 Å². The largest absolute Gasteiger partial charge is 0.270 e. The standard InChI is InChI=1S/C12H14F2.C2H6/c1-8-3-4-9-5-6-10(7-11(8)9)12(2,13)14;1-2/h5-8H,3-4H2,1-2H3;1-2H3. The predicted octanol–water partition coefficient (Wildman–Crippen LogP) is 4.87. The Hall–Kier alpha value is -0.920.